The molecule has 2 heterocycles. The molecule has 0 unspecified atom stereocenters. The van der Waals surface area contributed by atoms with Gasteiger partial charge in [-0.1, -0.05) is 24.3 Å². The summed E-state index contributed by atoms with van der Waals surface area (Å²) in [6, 6.07) is 17.0. The van der Waals surface area contributed by atoms with Gasteiger partial charge in [-0.2, -0.15) is 0 Å². The highest BCUT2D eigenvalue weighted by Gasteiger charge is 2.25. The molecule has 2 aromatic carbocycles. The SMILES string of the molecule is O=C1CCCN1CCC1CCN(C(=O)Nc2cccc(Oc3ccccc3)c2)CC1. The smallest absolute Gasteiger partial charge is 0.321 e. The van der Waals surface area contributed by atoms with E-state index in [0.29, 0.717) is 24.0 Å². The van der Waals surface area contributed by atoms with Crippen LogP contribution in [-0.4, -0.2) is 47.9 Å². The van der Waals surface area contributed by atoms with Crippen molar-refractivity contribution in [2.75, 3.05) is 31.5 Å². The van der Waals surface area contributed by atoms with E-state index in [0.717, 1.165) is 63.3 Å². The summed E-state index contributed by atoms with van der Waals surface area (Å²) >= 11 is 0. The Morgan fingerprint density at radius 3 is 2.50 bits per heavy atom. The number of urea groups is 1. The number of amides is 3. The molecule has 0 atom stereocenters. The van der Waals surface area contributed by atoms with Crippen molar-refractivity contribution < 1.29 is 14.3 Å². The van der Waals surface area contributed by atoms with Gasteiger partial charge in [0.1, 0.15) is 11.5 Å². The minimum absolute atomic E-state index is 0.0694. The van der Waals surface area contributed by atoms with E-state index in [1.54, 1.807) is 0 Å². The lowest BCUT2D eigenvalue weighted by molar-refractivity contribution is -0.127. The van der Waals surface area contributed by atoms with Crippen molar-refractivity contribution in [1.29, 1.82) is 0 Å². The zero-order valence-electron chi connectivity index (χ0n) is 17.3. The lowest BCUT2D eigenvalue weighted by atomic mass is 9.93. The molecule has 158 valence electrons. The molecule has 2 aliphatic heterocycles. The van der Waals surface area contributed by atoms with Crippen molar-refractivity contribution >= 4 is 17.6 Å². The molecule has 0 radical (unpaired) electrons. The van der Waals surface area contributed by atoms with Crippen molar-refractivity contribution in [2.24, 2.45) is 5.92 Å². The highest BCUT2D eigenvalue weighted by Crippen LogP contribution is 2.25. The zero-order chi connectivity index (χ0) is 20.8. The van der Waals surface area contributed by atoms with Gasteiger partial charge in [-0.25, -0.2) is 4.79 Å². The van der Waals surface area contributed by atoms with Crippen molar-refractivity contribution in [1.82, 2.24) is 9.80 Å². The van der Waals surface area contributed by atoms with E-state index in [9.17, 15) is 9.59 Å². The average Bonchev–Trinajstić information content (AvgIpc) is 3.18. The van der Waals surface area contributed by atoms with Gasteiger partial charge in [0.05, 0.1) is 0 Å². The summed E-state index contributed by atoms with van der Waals surface area (Å²) in [6.45, 7) is 3.28. The molecule has 2 aromatic rings. The van der Waals surface area contributed by atoms with Crippen LogP contribution in [0.5, 0.6) is 11.5 Å². The van der Waals surface area contributed by atoms with E-state index >= 15 is 0 Å². The molecule has 0 aliphatic carbocycles. The minimum Gasteiger partial charge on any atom is -0.457 e. The number of hydrogen-bond donors (Lipinski definition) is 1. The summed E-state index contributed by atoms with van der Waals surface area (Å²) in [5, 5.41) is 2.99. The second-order valence-electron chi connectivity index (χ2n) is 8.08. The Hall–Kier alpha value is -3.02. The molecule has 0 aromatic heterocycles. The van der Waals surface area contributed by atoms with Crippen molar-refractivity contribution in [2.45, 2.75) is 32.1 Å². The monoisotopic (exact) mass is 407 g/mol. The molecule has 2 saturated heterocycles. The van der Waals surface area contributed by atoms with Crippen LogP contribution in [0.15, 0.2) is 54.6 Å². The van der Waals surface area contributed by atoms with E-state index in [2.05, 4.69) is 5.32 Å². The number of benzene rings is 2. The van der Waals surface area contributed by atoms with E-state index in [1.165, 1.54) is 0 Å². The van der Waals surface area contributed by atoms with Crippen molar-refractivity contribution in [3.05, 3.63) is 54.6 Å². The first-order valence-electron chi connectivity index (χ1n) is 10.8. The number of rotatable bonds is 6. The first-order chi connectivity index (χ1) is 14.7. The third-order valence-corrected chi connectivity index (χ3v) is 5.94. The van der Waals surface area contributed by atoms with Crippen LogP contribution >= 0.6 is 0 Å². The fourth-order valence-electron chi connectivity index (χ4n) is 4.17. The van der Waals surface area contributed by atoms with Crippen LogP contribution in [0.25, 0.3) is 0 Å². The van der Waals surface area contributed by atoms with Crippen LogP contribution in [0.4, 0.5) is 10.5 Å². The molecule has 0 bridgehead atoms. The van der Waals surface area contributed by atoms with Crippen molar-refractivity contribution in [3.63, 3.8) is 0 Å². The summed E-state index contributed by atoms with van der Waals surface area (Å²) in [5.74, 6) is 2.34. The number of nitrogens with one attached hydrogen (secondary N) is 1. The van der Waals surface area contributed by atoms with Gasteiger partial charge < -0.3 is 19.9 Å². The first-order valence-corrected chi connectivity index (χ1v) is 10.8. The number of carbonyl (C=O) groups excluding carboxylic acids is 2. The van der Waals surface area contributed by atoms with E-state index in [1.807, 2.05) is 64.4 Å². The minimum atomic E-state index is -0.0694. The number of likely N-dealkylation sites (tertiary alicyclic amines) is 2. The standard InChI is InChI=1S/C24H29N3O3/c28-23-10-5-14-26(23)15-11-19-12-16-27(17-13-19)24(29)25-20-6-4-9-22(18-20)30-21-7-2-1-3-8-21/h1-4,6-9,18-19H,5,10-17H2,(H,25,29). The maximum absolute atomic E-state index is 12.7. The van der Waals surface area contributed by atoms with Crippen LogP contribution in [0.1, 0.15) is 32.1 Å². The van der Waals surface area contributed by atoms with Crippen molar-refractivity contribution in [3.8, 4) is 11.5 Å². The molecule has 4 rings (SSSR count). The molecule has 6 nitrogen and oxygen atoms in total. The second kappa shape index (κ2) is 9.65. The number of piperidine rings is 1. The number of hydrogen-bond acceptors (Lipinski definition) is 3. The number of nitrogens with zero attached hydrogens (tertiary/aromatic N) is 2. The van der Waals surface area contributed by atoms with Gasteiger partial charge in [0.2, 0.25) is 5.91 Å². The van der Waals surface area contributed by atoms with Crippen LogP contribution in [-0.2, 0) is 4.79 Å². The largest absolute Gasteiger partial charge is 0.457 e. The molecule has 0 spiro atoms. The van der Waals surface area contributed by atoms with Crippen LogP contribution in [0.2, 0.25) is 0 Å². The van der Waals surface area contributed by atoms with Crippen LogP contribution in [0, 0.1) is 5.92 Å². The maximum atomic E-state index is 12.7. The summed E-state index contributed by atoms with van der Waals surface area (Å²) in [6.07, 6.45) is 4.73. The predicted octanol–water partition coefficient (Wildman–Crippen LogP) is 4.74. The highest BCUT2D eigenvalue weighted by molar-refractivity contribution is 5.89. The van der Waals surface area contributed by atoms with Gasteiger partial charge in [-0.05, 0) is 55.9 Å². The van der Waals surface area contributed by atoms with Gasteiger partial charge in [0.25, 0.3) is 0 Å². The van der Waals surface area contributed by atoms with Crippen LogP contribution < -0.4 is 10.1 Å². The van der Waals surface area contributed by atoms with E-state index < -0.39 is 0 Å². The summed E-state index contributed by atoms with van der Waals surface area (Å²) < 4.78 is 5.84. The Labute approximate surface area is 177 Å². The topological polar surface area (TPSA) is 61.9 Å². The number of carbonyl (C=O) groups is 2. The molecule has 30 heavy (non-hydrogen) atoms. The van der Waals surface area contributed by atoms with Gasteiger partial charge in [-0.3, -0.25) is 4.79 Å². The maximum Gasteiger partial charge on any atom is 0.321 e. The van der Waals surface area contributed by atoms with E-state index in [4.69, 9.17) is 4.74 Å². The predicted molar refractivity (Wildman–Crippen MR) is 117 cm³/mol. The Morgan fingerprint density at radius 2 is 1.77 bits per heavy atom. The molecular weight excluding hydrogens is 378 g/mol. The number of anilines is 1. The Kier molecular flexibility index (Phi) is 6.52. The highest BCUT2D eigenvalue weighted by atomic mass is 16.5. The molecule has 2 fully saturated rings. The quantitative estimate of drug-likeness (QED) is 0.753. The van der Waals surface area contributed by atoms with Gasteiger partial charge >= 0.3 is 6.03 Å². The molecule has 3 amide bonds. The third kappa shape index (κ3) is 5.32. The fraction of sp³-hybridized carbons (Fsp3) is 0.417. The Morgan fingerprint density at radius 1 is 1.00 bits per heavy atom. The Bertz CT molecular complexity index is 863. The first kappa shape index (κ1) is 20.3. The van der Waals surface area contributed by atoms with E-state index in [-0.39, 0.29) is 6.03 Å². The lowest BCUT2D eigenvalue weighted by Gasteiger charge is -2.32. The summed E-state index contributed by atoms with van der Waals surface area (Å²) in [7, 11) is 0. The molecule has 2 aliphatic rings. The van der Waals surface area contributed by atoms with Gasteiger partial charge in [0.15, 0.2) is 0 Å². The average molecular weight is 408 g/mol. The molecule has 0 saturated carbocycles. The zero-order valence-corrected chi connectivity index (χ0v) is 17.3. The normalized spacial score (nSPS) is 17.3. The molecular formula is C24H29N3O3. The third-order valence-electron chi connectivity index (χ3n) is 5.94. The van der Waals surface area contributed by atoms with Gasteiger partial charge in [-0.15, -0.1) is 0 Å². The van der Waals surface area contributed by atoms with Crippen LogP contribution in [0.3, 0.4) is 0 Å². The Balaban J connectivity index is 1.24. The second-order valence-corrected chi connectivity index (χ2v) is 8.08. The molecule has 1 N–H and O–H groups in total. The molecule has 6 heteroatoms. The van der Waals surface area contributed by atoms with Gasteiger partial charge in [0, 0.05) is 44.4 Å². The number of ether oxygens (including phenoxy) is 1. The number of para-hydroxylation sites is 1. The summed E-state index contributed by atoms with van der Waals surface area (Å²) in [4.78, 5) is 28.3. The fourth-order valence-corrected chi connectivity index (χ4v) is 4.17. The summed E-state index contributed by atoms with van der Waals surface area (Å²) in [5.41, 5.74) is 0.725. The lowest BCUT2D eigenvalue weighted by Crippen LogP contribution is -2.41.